The molecule has 6 nitrogen and oxygen atoms in total. The summed E-state index contributed by atoms with van der Waals surface area (Å²) in [5.41, 5.74) is -2.92. The molecule has 0 radical (unpaired) electrons. The third kappa shape index (κ3) is 3.46. The van der Waals surface area contributed by atoms with Gasteiger partial charge in [-0.25, -0.2) is 22.6 Å². The molecule has 2 aromatic rings. The number of anilines is 1. The number of hydrogen-bond acceptors (Lipinski definition) is 3. The molecular formula is C20H17F3N4O2. The number of urea groups is 1. The second-order valence-corrected chi connectivity index (χ2v) is 7.27. The summed E-state index contributed by atoms with van der Waals surface area (Å²) in [6.07, 6.45) is 2.99. The highest BCUT2D eigenvalue weighted by Gasteiger charge is 2.55. The molecule has 1 aliphatic carbocycles. The highest BCUT2D eigenvalue weighted by molar-refractivity contribution is 5.95. The Morgan fingerprint density at radius 2 is 2.10 bits per heavy atom. The number of carbonyl (C=O) groups excluding carboxylic acids is 1. The Bertz CT molecular complexity index is 1110. The van der Waals surface area contributed by atoms with Gasteiger partial charge in [0.05, 0.1) is 6.54 Å². The number of aromatic nitrogens is 2. The average molecular weight is 402 g/mol. The number of hydrogen-bond donors (Lipinski definition) is 2. The third-order valence-corrected chi connectivity index (χ3v) is 4.94. The van der Waals surface area contributed by atoms with Gasteiger partial charge in [-0.05, 0) is 31.0 Å². The topological polar surface area (TPSA) is 76.0 Å². The first-order valence-corrected chi connectivity index (χ1v) is 9.04. The van der Waals surface area contributed by atoms with Crippen molar-refractivity contribution in [3.63, 3.8) is 0 Å². The van der Waals surface area contributed by atoms with Crippen molar-refractivity contribution in [3.05, 3.63) is 57.8 Å². The molecule has 0 bridgehead atoms. The summed E-state index contributed by atoms with van der Waals surface area (Å²) in [6, 6.07) is 4.03. The molecule has 2 aliphatic rings. The fourth-order valence-electron chi connectivity index (χ4n) is 3.20. The molecule has 2 amide bonds. The monoisotopic (exact) mass is 402 g/mol. The minimum absolute atomic E-state index is 0.00427. The molecule has 29 heavy (non-hydrogen) atoms. The number of nitrogens with zero attached hydrogens (tertiary/aromatic N) is 2. The molecule has 1 aromatic heterocycles. The summed E-state index contributed by atoms with van der Waals surface area (Å²) >= 11 is 0. The summed E-state index contributed by atoms with van der Waals surface area (Å²) in [5, 5.41) is 8.50. The van der Waals surface area contributed by atoms with Gasteiger partial charge in [-0.1, -0.05) is 11.8 Å². The van der Waals surface area contributed by atoms with Crippen molar-refractivity contribution in [2.75, 3.05) is 5.32 Å². The molecule has 1 atom stereocenters. The SMILES string of the molecule is CC(F)(F)[C@@]1(C#CC2CC2)NC(=O)Nc2cc(Cn3ncccc3=O)c(F)cc21. The fraction of sp³-hybridized carbons (Fsp3) is 0.350. The van der Waals surface area contributed by atoms with Gasteiger partial charge in [-0.2, -0.15) is 5.10 Å². The van der Waals surface area contributed by atoms with E-state index in [0.717, 1.165) is 23.6 Å². The zero-order valence-electron chi connectivity index (χ0n) is 15.4. The van der Waals surface area contributed by atoms with Crippen molar-refractivity contribution >= 4 is 11.7 Å². The first-order valence-electron chi connectivity index (χ1n) is 9.04. The molecule has 2 N–H and O–H groups in total. The van der Waals surface area contributed by atoms with Gasteiger partial charge in [0, 0.05) is 41.9 Å². The quantitative estimate of drug-likeness (QED) is 0.776. The van der Waals surface area contributed by atoms with Crippen molar-refractivity contribution in [2.24, 2.45) is 5.92 Å². The number of nitrogens with one attached hydrogen (secondary N) is 2. The molecule has 1 saturated carbocycles. The van der Waals surface area contributed by atoms with Gasteiger partial charge in [0.1, 0.15) is 5.82 Å². The Hall–Kier alpha value is -3.28. The first-order chi connectivity index (χ1) is 13.7. The van der Waals surface area contributed by atoms with Crippen LogP contribution in [0.3, 0.4) is 0 Å². The second kappa shape index (κ2) is 6.65. The van der Waals surface area contributed by atoms with Gasteiger partial charge in [0.15, 0.2) is 5.54 Å². The number of carbonyl (C=O) groups is 1. The Morgan fingerprint density at radius 1 is 1.34 bits per heavy atom. The van der Waals surface area contributed by atoms with E-state index in [0.29, 0.717) is 6.92 Å². The van der Waals surface area contributed by atoms with Crippen LogP contribution < -0.4 is 16.2 Å². The van der Waals surface area contributed by atoms with Gasteiger partial charge in [-0.15, -0.1) is 0 Å². The third-order valence-electron chi connectivity index (χ3n) is 4.94. The number of alkyl halides is 2. The van der Waals surface area contributed by atoms with Gasteiger partial charge in [0.2, 0.25) is 0 Å². The normalized spacial score (nSPS) is 20.8. The molecule has 1 fully saturated rings. The van der Waals surface area contributed by atoms with E-state index in [-0.39, 0.29) is 29.3 Å². The van der Waals surface area contributed by atoms with Gasteiger partial charge >= 0.3 is 6.03 Å². The number of amides is 2. The Morgan fingerprint density at radius 3 is 2.76 bits per heavy atom. The van der Waals surface area contributed by atoms with Crippen LogP contribution in [0.5, 0.6) is 0 Å². The molecule has 2 heterocycles. The standard InChI is InChI=1S/C20H17F3N4O2/c1-19(22,23)20(7-6-12-4-5-12)14-10-15(21)13(9-16(14)25-18(29)26-20)11-27-17(28)3-2-8-24-27/h2-3,8-10,12H,4-5,11H2,1H3,(H2,25,26,29)/t20-/m0/s1. The summed E-state index contributed by atoms with van der Waals surface area (Å²) < 4.78 is 45.3. The van der Waals surface area contributed by atoms with Crippen LogP contribution in [0.2, 0.25) is 0 Å². The number of benzene rings is 1. The van der Waals surface area contributed by atoms with Crippen LogP contribution in [0.15, 0.2) is 35.3 Å². The number of halogens is 3. The maximum Gasteiger partial charge on any atom is 0.320 e. The van der Waals surface area contributed by atoms with Gasteiger partial charge in [-0.3, -0.25) is 4.79 Å². The number of fused-ring (bicyclic) bond motifs is 1. The van der Waals surface area contributed by atoms with Crippen LogP contribution in [-0.2, 0) is 12.1 Å². The van der Waals surface area contributed by atoms with E-state index in [2.05, 4.69) is 27.6 Å². The van der Waals surface area contributed by atoms with E-state index in [1.54, 1.807) is 0 Å². The summed E-state index contributed by atoms with van der Waals surface area (Å²) in [5.74, 6) is 1.01. The molecular weight excluding hydrogens is 385 g/mol. The van der Waals surface area contributed by atoms with E-state index in [1.807, 2.05) is 0 Å². The molecule has 0 spiro atoms. The predicted octanol–water partition coefficient (Wildman–Crippen LogP) is 2.83. The molecule has 150 valence electrons. The van der Waals surface area contributed by atoms with Crippen molar-refractivity contribution in [1.29, 1.82) is 0 Å². The van der Waals surface area contributed by atoms with Crippen molar-refractivity contribution in [3.8, 4) is 11.8 Å². The average Bonchev–Trinajstić information content (AvgIpc) is 3.46. The minimum Gasteiger partial charge on any atom is -0.312 e. The maximum atomic E-state index is 14.9. The van der Waals surface area contributed by atoms with E-state index in [1.165, 1.54) is 24.4 Å². The van der Waals surface area contributed by atoms with Crippen LogP contribution in [0.4, 0.5) is 23.7 Å². The van der Waals surface area contributed by atoms with Gasteiger partial charge in [0.25, 0.3) is 11.5 Å². The Balaban J connectivity index is 1.84. The molecule has 1 aliphatic heterocycles. The Kier molecular flexibility index (Phi) is 4.37. The van der Waals surface area contributed by atoms with E-state index in [9.17, 15) is 22.8 Å². The maximum absolute atomic E-state index is 14.9. The molecule has 9 heteroatoms. The predicted molar refractivity (Wildman–Crippen MR) is 99.0 cm³/mol. The van der Waals surface area contributed by atoms with E-state index >= 15 is 0 Å². The van der Waals surface area contributed by atoms with Crippen LogP contribution in [-0.4, -0.2) is 21.7 Å². The highest BCUT2D eigenvalue weighted by Crippen LogP contribution is 2.44. The lowest BCUT2D eigenvalue weighted by molar-refractivity contribution is -0.0465. The summed E-state index contributed by atoms with van der Waals surface area (Å²) in [4.78, 5) is 24.0. The fourth-order valence-corrected chi connectivity index (χ4v) is 3.20. The zero-order valence-corrected chi connectivity index (χ0v) is 15.4. The van der Waals surface area contributed by atoms with Crippen molar-refractivity contribution in [1.82, 2.24) is 15.1 Å². The van der Waals surface area contributed by atoms with Crippen molar-refractivity contribution < 1.29 is 18.0 Å². The zero-order chi connectivity index (χ0) is 20.8. The molecule has 1 aromatic carbocycles. The molecule has 0 saturated heterocycles. The number of rotatable bonds is 3. The van der Waals surface area contributed by atoms with E-state index in [4.69, 9.17) is 0 Å². The van der Waals surface area contributed by atoms with Crippen LogP contribution in [0.25, 0.3) is 0 Å². The van der Waals surface area contributed by atoms with Crippen LogP contribution in [0.1, 0.15) is 30.9 Å². The lowest BCUT2D eigenvalue weighted by atomic mass is 9.81. The van der Waals surface area contributed by atoms with Crippen LogP contribution >= 0.6 is 0 Å². The lowest BCUT2D eigenvalue weighted by Crippen LogP contribution is -2.59. The second-order valence-electron chi connectivity index (χ2n) is 7.27. The van der Waals surface area contributed by atoms with E-state index < -0.39 is 28.9 Å². The summed E-state index contributed by atoms with van der Waals surface area (Å²) in [7, 11) is 0. The molecule has 4 rings (SSSR count). The highest BCUT2D eigenvalue weighted by atomic mass is 19.3. The van der Waals surface area contributed by atoms with Crippen molar-refractivity contribution in [2.45, 2.75) is 37.8 Å². The lowest BCUT2D eigenvalue weighted by Gasteiger charge is -2.40. The summed E-state index contributed by atoms with van der Waals surface area (Å²) in [6.45, 7) is 0.425. The Labute approximate surface area is 164 Å². The first kappa shape index (κ1) is 19.1. The molecule has 0 unspecified atom stereocenters. The van der Waals surface area contributed by atoms with Crippen LogP contribution in [0, 0.1) is 23.6 Å². The minimum atomic E-state index is -3.48. The largest absolute Gasteiger partial charge is 0.320 e. The van der Waals surface area contributed by atoms with Gasteiger partial charge < -0.3 is 10.6 Å². The smallest absolute Gasteiger partial charge is 0.312 e.